The maximum absolute atomic E-state index is 11.9. The maximum atomic E-state index is 11.9. The van der Waals surface area contributed by atoms with Crippen LogP contribution < -0.4 is 11.2 Å². The van der Waals surface area contributed by atoms with Gasteiger partial charge in [0.25, 0.3) is 0 Å². The molecule has 12 atom stereocenters. The van der Waals surface area contributed by atoms with Gasteiger partial charge in [-0.3, -0.25) is 4.90 Å². The molecule has 0 unspecified atom stereocenters. The minimum atomic E-state index is -0.614. The number of carbonyl (C=O) groups is 1. The molecule has 6 fully saturated rings. The average Bonchev–Trinajstić information content (AvgIpc) is 3.18. The molecular formula is C28H46N4O3. The topological polar surface area (TPSA) is 111 Å². The van der Waals surface area contributed by atoms with E-state index in [0.717, 1.165) is 57.3 Å². The van der Waals surface area contributed by atoms with E-state index in [1.165, 1.54) is 19.3 Å². The molecule has 6 rings (SSSR count). The zero-order chi connectivity index (χ0) is 24.7. The van der Waals surface area contributed by atoms with Crippen LogP contribution in [0.25, 0.3) is 0 Å². The summed E-state index contributed by atoms with van der Waals surface area (Å²) in [6.45, 7) is 9.24. The van der Waals surface area contributed by atoms with E-state index < -0.39 is 11.6 Å². The Kier molecular flexibility index (Phi) is 5.82. The second-order valence-corrected chi connectivity index (χ2v) is 13.8. The van der Waals surface area contributed by atoms with Gasteiger partial charge in [-0.15, -0.1) is 0 Å². The number of hydrazone groups is 1. The van der Waals surface area contributed by atoms with Crippen LogP contribution in [0.3, 0.4) is 0 Å². The Bertz CT molecular complexity index is 891. The first-order valence-corrected chi connectivity index (χ1v) is 14.4. The first kappa shape index (κ1) is 24.2. The van der Waals surface area contributed by atoms with E-state index >= 15 is 0 Å². The third-order valence-electron chi connectivity index (χ3n) is 12.1. The molecule has 7 nitrogen and oxygen atoms in total. The fourth-order valence-electron chi connectivity index (χ4n) is 10.6. The second-order valence-electron chi connectivity index (χ2n) is 13.8. The zero-order valence-corrected chi connectivity index (χ0v) is 21.8. The third-order valence-corrected chi connectivity index (χ3v) is 12.1. The molecule has 4 saturated carbocycles. The van der Waals surface area contributed by atoms with Gasteiger partial charge in [0.05, 0.1) is 11.7 Å². The first-order chi connectivity index (χ1) is 16.6. The van der Waals surface area contributed by atoms with Crippen LogP contribution in [0, 0.1) is 52.8 Å². The largest absolute Gasteiger partial charge is 0.393 e. The number of piperidine rings is 2. The van der Waals surface area contributed by atoms with Crippen LogP contribution in [0.15, 0.2) is 5.10 Å². The molecule has 2 amide bonds. The summed E-state index contributed by atoms with van der Waals surface area (Å²) in [4.78, 5) is 14.1. The number of nitrogens with zero attached hydrogens (tertiary/aromatic N) is 2. The number of hydrogen-bond acceptors (Lipinski definition) is 5. The normalized spacial score (nSPS) is 54.7. The summed E-state index contributed by atoms with van der Waals surface area (Å²) in [6.07, 6.45) is 9.19. The van der Waals surface area contributed by atoms with Crippen LogP contribution in [-0.2, 0) is 0 Å². The lowest BCUT2D eigenvalue weighted by Crippen LogP contribution is -2.67. The van der Waals surface area contributed by atoms with Crippen molar-refractivity contribution < 1.29 is 15.0 Å². The smallest absolute Gasteiger partial charge is 0.332 e. The Morgan fingerprint density at radius 3 is 2.60 bits per heavy atom. The Morgan fingerprint density at radius 2 is 1.83 bits per heavy atom. The van der Waals surface area contributed by atoms with Gasteiger partial charge in [-0.1, -0.05) is 13.8 Å². The highest BCUT2D eigenvalue weighted by Gasteiger charge is 2.64. The van der Waals surface area contributed by atoms with Crippen molar-refractivity contribution in [3.8, 4) is 0 Å². The minimum absolute atomic E-state index is 0.104. The molecule has 5 N–H and O–H groups in total. The van der Waals surface area contributed by atoms with Crippen molar-refractivity contribution in [1.29, 1.82) is 0 Å². The fraction of sp³-hybridized carbons (Fsp3) is 0.929. The van der Waals surface area contributed by atoms with E-state index in [2.05, 4.69) is 36.2 Å². The quantitative estimate of drug-likeness (QED) is 0.426. The van der Waals surface area contributed by atoms with Gasteiger partial charge in [0, 0.05) is 30.8 Å². The number of rotatable bonds is 1. The predicted molar refractivity (Wildman–Crippen MR) is 135 cm³/mol. The van der Waals surface area contributed by atoms with Gasteiger partial charge in [-0.05, 0) is 112 Å². The molecule has 2 heterocycles. The summed E-state index contributed by atoms with van der Waals surface area (Å²) in [5, 5.41) is 27.0. The van der Waals surface area contributed by atoms with E-state index in [0.29, 0.717) is 47.5 Å². The molecule has 196 valence electrons. The van der Waals surface area contributed by atoms with Gasteiger partial charge >= 0.3 is 6.03 Å². The van der Waals surface area contributed by atoms with Crippen LogP contribution in [0.1, 0.15) is 78.6 Å². The van der Waals surface area contributed by atoms with Crippen molar-refractivity contribution >= 4 is 11.7 Å². The van der Waals surface area contributed by atoms with Crippen molar-refractivity contribution in [2.45, 2.75) is 96.3 Å². The van der Waals surface area contributed by atoms with E-state index in [4.69, 9.17) is 5.73 Å². The number of aliphatic hydroxyl groups is 2. The monoisotopic (exact) mass is 486 g/mol. The Hall–Kier alpha value is -1.18. The second kappa shape index (κ2) is 8.42. The molecule has 0 aromatic heterocycles. The van der Waals surface area contributed by atoms with E-state index in [1.54, 1.807) is 0 Å². The number of aliphatic hydroxyl groups excluding tert-OH is 1. The van der Waals surface area contributed by atoms with Crippen molar-refractivity contribution in [2.75, 3.05) is 13.1 Å². The minimum Gasteiger partial charge on any atom is -0.393 e. The summed E-state index contributed by atoms with van der Waals surface area (Å²) in [7, 11) is 0. The molecule has 2 aliphatic heterocycles. The van der Waals surface area contributed by atoms with Crippen molar-refractivity contribution in [3.63, 3.8) is 0 Å². The summed E-state index contributed by atoms with van der Waals surface area (Å²) in [5.41, 5.74) is 8.47. The van der Waals surface area contributed by atoms with Crippen molar-refractivity contribution in [1.82, 2.24) is 10.3 Å². The summed E-state index contributed by atoms with van der Waals surface area (Å²) in [6, 6.07) is -0.294. The van der Waals surface area contributed by atoms with Crippen LogP contribution in [0.4, 0.5) is 4.79 Å². The summed E-state index contributed by atoms with van der Waals surface area (Å²) < 4.78 is 0. The Morgan fingerprint density at radius 1 is 1.03 bits per heavy atom. The number of hydrogen-bond donors (Lipinski definition) is 4. The Labute approximate surface area is 210 Å². The highest BCUT2D eigenvalue weighted by Crippen LogP contribution is 2.66. The molecule has 0 aromatic rings. The predicted octanol–water partition coefficient (Wildman–Crippen LogP) is 3.34. The maximum Gasteiger partial charge on any atom is 0.332 e. The summed E-state index contributed by atoms with van der Waals surface area (Å²) >= 11 is 0. The highest BCUT2D eigenvalue weighted by atomic mass is 16.3. The van der Waals surface area contributed by atoms with E-state index in [9.17, 15) is 15.0 Å². The van der Waals surface area contributed by atoms with Gasteiger partial charge in [-0.25, -0.2) is 10.2 Å². The SMILES string of the molecule is C[C@@H]1CC[C@@H]2N(C1)C[C@H]1[C@@H]3C[C@H]4[C@H](C/C(=N\NC(N)=O)[C@H]5C[C@@H](O)CC[C@@]54C)[C@@H]3CC[C@H]1[C@]2(C)O. The standard InChI is InChI=1S/C28H46N4O3/c1-15-4-7-25-28(3,35)21-6-5-17-18(20(21)14-32(25)13-15)11-22-19(17)12-24(30-31-26(29)34)23-10-16(33)8-9-27(22,23)2/h15-23,25,33,35H,4-14H2,1-3H3,(H3,29,31,34)/b30-24+/t15-,16+,17-,18-,19-,20+,21-,22+,23-,25+,27-,28+/m1/s1. The van der Waals surface area contributed by atoms with Crippen LogP contribution in [0.2, 0.25) is 0 Å². The number of urea groups is 1. The molecule has 6 aliphatic rings. The van der Waals surface area contributed by atoms with E-state index in [-0.39, 0.29) is 17.4 Å². The molecule has 0 spiro atoms. The summed E-state index contributed by atoms with van der Waals surface area (Å²) in [5.74, 6) is 4.42. The van der Waals surface area contributed by atoms with Crippen LogP contribution >= 0.6 is 0 Å². The number of amides is 2. The third kappa shape index (κ3) is 3.70. The van der Waals surface area contributed by atoms with Gasteiger partial charge in [0.1, 0.15) is 0 Å². The number of carbonyl (C=O) groups excluding carboxylic acids is 1. The van der Waals surface area contributed by atoms with Crippen LogP contribution in [0.5, 0.6) is 0 Å². The lowest BCUT2D eigenvalue weighted by Gasteiger charge is -2.59. The van der Waals surface area contributed by atoms with Gasteiger partial charge < -0.3 is 15.9 Å². The molecule has 0 radical (unpaired) electrons. The lowest BCUT2D eigenvalue weighted by molar-refractivity contribution is -0.175. The number of primary amides is 1. The fourth-order valence-corrected chi connectivity index (χ4v) is 10.6. The molecule has 0 bridgehead atoms. The number of nitrogens with two attached hydrogens (primary N) is 1. The number of fused-ring (bicyclic) bond motifs is 8. The molecular weight excluding hydrogens is 440 g/mol. The lowest BCUT2D eigenvalue weighted by atomic mass is 9.51. The van der Waals surface area contributed by atoms with Crippen molar-refractivity contribution in [2.24, 2.45) is 63.6 Å². The molecule has 4 aliphatic carbocycles. The van der Waals surface area contributed by atoms with Crippen molar-refractivity contribution in [3.05, 3.63) is 0 Å². The average molecular weight is 487 g/mol. The molecule has 7 heteroatoms. The molecule has 2 saturated heterocycles. The van der Waals surface area contributed by atoms with Gasteiger partial charge in [0.15, 0.2) is 0 Å². The highest BCUT2D eigenvalue weighted by molar-refractivity contribution is 5.90. The van der Waals surface area contributed by atoms with Gasteiger partial charge in [0.2, 0.25) is 0 Å². The molecule has 0 aromatic carbocycles. The Balaban J connectivity index is 1.32. The number of nitrogens with one attached hydrogen (secondary N) is 1. The molecule has 35 heavy (non-hydrogen) atoms. The van der Waals surface area contributed by atoms with Crippen LogP contribution in [-0.4, -0.2) is 57.7 Å². The van der Waals surface area contributed by atoms with E-state index in [1.807, 2.05) is 0 Å². The first-order valence-electron chi connectivity index (χ1n) is 14.4. The zero-order valence-electron chi connectivity index (χ0n) is 21.8. The van der Waals surface area contributed by atoms with Gasteiger partial charge in [-0.2, -0.15) is 5.10 Å².